The highest BCUT2D eigenvalue weighted by atomic mass is 16.4. The van der Waals surface area contributed by atoms with Crippen molar-refractivity contribution < 1.29 is 10.0 Å². The lowest BCUT2D eigenvalue weighted by atomic mass is 9.80. The van der Waals surface area contributed by atoms with Crippen molar-refractivity contribution in [3.05, 3.63) is 24.3 Å². The van der Waals surface area contributed by atoms with Gasteiger partial charge in [0.2, 0.25) is 0 Å². The quantitative estimate of drug-likeness (QED) is 0.189. The molecule has 0 spiro atoms. The lowest BCUT2D eigenvalue weighted by Gasteiger charge is -2.25. The molecule has 0 unspecified atom stereocenters. The van der Waals surface area contributed by atoms with Crippen LogP contribution in [0.15, 0.2) is 24.3 Å². The molecule has 1 aromatic rings. The summed E-state index contributed by atoms with van der Waals surface area (Å²) in [7, 11) is -1.38. The Hall–Kier alpha value is -0.995. The van der Waals surface area contributed by atoms with Crippen LogP contribution in [0.4, 0.5) is 5.69 Å². The molecule has 4 heteroatoms. The summed E-state index contributed by atoms with van der Waals surface area (Å²) in [6.45, 7) is 6.75. The molecule has 0 saturated heterocycles. The first-order valence-electron chi connectivity index (χ1n) is 12.9. The van der Waals surface area contributed by atoms with E-state index in [1.54, 1.807) is 0 Å². The van der Waals surface area contributed by atoms with Crippen molar-refractivity contribution >= 4 is 18.3 Å². The smallest absolute Gasteiger partial charge is 0.423 e. The van der Waals surface area contributed by atoms with E-state index < -0.39 is 7.12 Å². The van der Waals surface area contributed by atoms with Gasteiger partial charge in [0.05, 0.1) is 0 Å². The van der Waals surface area contributed by atoms with Crippen molar-refractivity contribution in [2.45, 2.75) is 117 Å². The monoisotopic (exact) mass is 417 g/mol. The van der Waals surface area contributed by atoms with Gasteiger partial charge in [0.1, 0.15) is 0 Å². The van der Waals surface area contributed by atoms with E-state index in [1.807, 2.05) is 24.3 Å². The molecule has 1 rings (SSSR count). The van der Waals surface area contributed by atoms with Gasteiger partial charge in [-0.1, -0.05) is 116 Å². The summed E-state index contributed by atoms with van der Waals surface area (Å²) in [5.74, 6) is 0. The molecule has 2 N–H and O–H groups in total. The summed E-state index contributed by atoms with van der Waals surface area (Å²) in [4.78, 5) is 2.50. The van der Waals surface area contributed by atoms with Crippen LogP contribution in [0, 0.1) is 0 Å². The lowest BCUT2D eigenvalue weighted by Crippen LogP contribution is -2.30. The summed E-state index contributed by atoms with van der Waals surface area (Å²) >= 11 is 0. The van der Waals surface area contributed by atoms with Crippen molar-refractivity contribution in [3.8, 4) is 0 Å². The summed E-state index contributed by atoms with van der Waals surface area (Å²) in [5, 5.41) is 18.7. The number of benzene rings is 1. The van der Waals surface area contributed by atoms with Gasteiger partial charge in [0, 0.05) is 18.8 Å². The SMILES string of the molecule is CCCCCCCCCCN(CCCCCCCCCC)c1ccc(B(O)O)cc1. The average Bonchev–Trinajstić information content (AvgIpc) is 2.76. The average molecular weight is 417 g/mol. The van der Waals surface area contributed by atoms with Crippen LogP contribution in [0.25, 0.3) is 0 Å². The maximum absolute atomic E-state index is 9.35. The van der Waals surface area contributed by atoms with Crippen molar-refractivity contribution in [1.82, 2.24) is 0 Å². The predicted molar refractivity (Wildman–Crippen MR) is 134 cm³/mol. The van der Waals surface area contributed by atoms with Crippen LogP contribution >= 0.6 is 0 Å². The molecule has 0 aromatic heterocycles. The van der Waals surface area contributed by atoms with Gasteiger partial charge in [0.15, 0.2) is 0 Å². The van der Waals surface area contributed by atoms with E-state index in [2.05, 4.69) is 18.7 Å². The molecule has 30 heavy (non-hydrogen) atoms. The molecule has 0 fully saturated rings. The van der Waals surface area contributed by atoms with E-state index in [9.17, 15) is 10.0 Å². The molecule has 0 atom stereocenters. The molecule has 0 saturated carbocycles. The van der Waals surface area contributed by atoms with Crippen LogP contribution in [-0.2, 0) is 0 Å². The molecule has 0 aliphatic rings. The fraction of sp³-hybridized carbons (Fsp3) is 0.769. The van der Waals surface area contributed by atoms with E-state index in [-0.39, 0.29) is 0 Å². The van der Waals surface area contributed by atoms with Gasteiger partial charge in [-0.15, -0.1) is 0 Å². The molecular weight excluding hydrogens is 369 g/mol. The molecule has 1 aromatic carbocycles. The van der Waals surface area contributed by atoms with Crippen molar-refractivity contribution in [2.24, 2.45) is 0 Å². The second-order valence-corrected chi connectivity index (χ2v) is 8.90. The van der Waals surface area contributed by atoms with Crippen molar-refractivity contribution in [2.75, 3.05) is 18.0 Å². The maximum atomic E-state index is 9.35. The number of rotatable bonds is 20. The van der Waals surface area contributed by atoms with E-state index >= 15 is 0 Å². The van der Waals surface area contributed by atoms with E-state index in [4.69, 9.17) is 0 Å². The predicted octanol–water partition coefficient (Wildman–Crippen LogP) is 6.45. The third kappa shape index (κ3) is 13.3. The number of unbranched alkanes of at least 4 members (excludes halogenated alkanes) is 14. The van der Waals surface area contributed by atoms with Crippen LogP contribution in [0.2, 0.25) is 0 Å². The van der Waals surface area contributed by atoms with Crippen LogP contribution in [0.3, 0.4) is 0 Å². The fourth-order valence-electron chi connectivity index (χ4n) is 4.10. The second-order valence-electron chi connectivity index (χ2n) is 8.90. The van der Waals surface area contributed by atoms with Crippen LogP contribution in [0.5, 0.6) is 0 Å². The largest absolute Gasteiger partial charge is 0.488 e. The Morgan fingerprint density at radius 1 is 0.567 bits per heavy atom. The Labute approximate surface area is 187 Å². The van der Waals surface area contributed by atoms with E-state index in [0.29, 0.717) is 5.46 Å². The van der Waals surface area contributed by atoms with Crippen molar-refractivity contribution in [1.29, 1.82) is 0 Å². The Balaban J connectivity index is 2.36. The Kier molecular flexibility index (Phi) is 16.9. The number of hydrogen-bond acceptors (Lipinski definition) is 3. The summed E-state index contributed by atoms with van der Waals surface area (Å²) < 4.78 is 0. The topological polar surface area (TPSA) is 43.7 Å². The summed E-state index contributed by atoms with van der Waals surface area (Å²) in [6, 6.07) is 7.78. The number of nitrogens with zero attached hydrogens (tertiary/aromatic N) is 1. The van der Waals surface area contributed by atoms with Crippen LogP contribution in [0.1, 0.15) is 117 Å². The first-order chi connectivity index (χ1) is 14.7. The van der Waals surface area contributed by atoms with Gasteiger partial charge >= 0.3 is 7.12 Å². The fourth-order valence-corrected chi connectivity index (χ4v) is 4.10. The highest BCUT2D eigenvalue weighted by Crippen LogP contribution is 2.17. The van der Waals surface area contributed by atoms with Crippen molar-refractivity contribution in [3.63, 3.8) is 0 Å². The van der Waals surface area contributed by atoms with E-state index in [1.165, 1.54) is 108 Å². The zero-order valence-corrected chi connectivity index (χ0v) is 20.0. The molecule has 0 aliphatic carbocycles. The van der Waals surface area contributed by atoms with Gasteiger partial charge in [-0.2, -0.15) is 0 Å². The highest BCUT2D eigenvalue weighted by Gasteiger charge is 2.12. The second kappa shape index (κ2) is 18.7. The third-order valence-corrected chi connectivity index (χ3v) is 6.12. The van der Waals surface area contributed by atoms with Gasteiger partial charge in [-0.25, -0.2) is 0 Å². The Morgan fingerprint density at radius 2 is 0.933 bits per heavy atom. The summed E-state index contributed by atoms with van der Waals surface area (Å²) in [5.41, 5.74) is 1.78. The first kappa shape index (κ1) is 27.0. The minimum absolute atomic E-state index is 0.567. The molecule has 3 nitrogen and oxygen atoms in total. The standard InChI is InChI=1S/C26H48BNO2/c1-3-5-7-9-11-13-15-17-23-28(24-18-16-14-12-10-8-6-4-2)26-21-19-25(20-22-26)27(29)30/h19-22,29-30H,3-18,23-24H2,1-2H3. The van der Waals surface area contributed by atoms with E-state index in [0.717, 1.165) is 13.1 Å². The first-order valence-corrected chi connectivity index (χ1v) is 12.9. The Bertz CT molecular complexity index is 472. The molecule has 0 radical (unpaired) electrons. The van der Waals surface area contributed by atoms with Gasteiger partial charge in [0.25, 0.3) is 0 Å². The van der Waals surface area contributed by atoms with Gasteiger partial charge in [-0.05, 0) is 30.4 Å². The third-order valence-electron chi connectivity index (χ3n) is 6.12. The zero-order valence-electron chi connectivity index (χ0n) is 20.0. The number of anilines is 1. The molecule has 0 aliphatic heterocycles. The Morgan fingerprint density at radius 3 is 1.30 bits per heavy atom. The summed E-state index contributed by atoms with van der Waals surface area (Å²) in [6.07, 6.45) is 21.5. The minimum Gasteiger partial charge on any atom is -0.423 e. The minimum atomic E-state index is -1.38. The number of hydrogen-bond donors (Lipinski definition) is 2. The lowest BCUT2D eigenvalue weighted by molar-refractivity contribution is 0.426. The molecular formula is C26H48BNO2. The van der Waals surface area contributed by atoms with Gasteiger partial charge in [-0.3, -0.25) is 0 Å². The molecule has 0 amide bonds. The van der Waals surface area contributed by atoms with Crippen LogP contribution in [-0.4, -0.2) is 30.3 Å². The van der Waals surface area contributed by atoms with Crippen LogP contribution < -0.4 is 10.4 Å². The van der Waals surface area contributed by atoms with Gasteiger partial charge < -0.3 is 14.9 Å². The highest BCUT2D eigenvalue weighted by molar-refractivity contribution is 6.58. The molecule has 172 valence electrons. The maximum Gasteiger partial charge on any atom is 0.488 e. The normalized spacial score (nSPS) is 11.1. The molecule has 0 bridgehead atoms. The molecule has 0 heterocycles. The zero-order chi connectivity index (χ0) is 21.9.